The van der Waals surface area contributed by atoms with Gasteiger partial charge >= 0.3 is 0 Å². The van der Waals surface area contributed by atoms with Gasteiger partial charge in [-0.25, -0.2) is 0 Å². The minimum Gasteiger partial charge on any atom is -0.322 e. The van der Waals surface area contributed by atoms with Crippen molar-refractivity contribution in [3.05, 3.63) is 63.6 Å². The summed E-state index contributed by atoms with van der Waals surface area (Å²) in [5.41, 5.74) is 3.82. The fourth-order valence-corrected chi connectivity index (χ4v) is 2.19. The van der Waals surface area contributed by atoms with Crippen LogP contribution in [0.4, 0.5) is 5.69 Å². The van der Waals surface area contributed by atoms with Gasteiger partial charge in [0.2, 0.25) is 0 Å². The van der Waals surface area contributed by atoms with E-state index in [9.17, 15) is 4.79 Å². The van der Waals surface area contributed by atoms with Gasteiger partial charge in [0, 0.05) is 15.7 Å². The Bertz CT molecular complexity index is 617. The summed E-state index contributed by atoms with van der Waals surface area (Å²) in [5, 5.41) is 2.92. The second-order valence-corrected chi connectivity index (χ2v) is 6.05. The Labute approximate surface area is 128 Å². The predicted molar refractivity (Wildman–Crippen MR) is 87.4 cm³/mol. The Hall–Kier alpha value is -1.61. The number of rotatable bonds is 3. The van der Waals surface area contributed by atoms with Crippen LogP contribution in [0.25, 0.3) is 0 Å². The van der Waals surface area contributed by atoms with Crippen molar-refractivity contribution in [1.29, 1.82) is 0 Å². The van der Waals surface area contributed by atoms with Gasteiger partial charge in [-0.3, -0.25) is 4.79 Å². The van der Waals surface area contributed by atoms with Gasteiger partial charge in [-0.1, -0.05) is 41.9 Å². The molecule has 0 spiro atoms. The maximum atomic E-state index is 12.2. The van der Waals surface area contributed by atoms with Crippen molar-refractivity contribution < 1.29 is 4.79 Å². The summed E-state index contributed by atoms with van der Waals surface area (Å²) in [6.45, 7) is 6.27. The van der Waals surface area contributed by atoms with Gasteiger partial charge in [0.05, 0.1) is 0 Å². The Morgan fingerprint density at radius 3 is 2.30 bits per heavy atom. The summed E-state index contributed by atoms with van der Waals surface area (Å²) in [5.74, 6) is 0.392. The third-order valence-corrected chi connectivity index (χ3v) is 4.15. The van der Waals surface area contributed by atoms with E-state index >= 15 is 0 Å². The first-order valence-electron chi connectivity index (χ1n) is 6.65. The van der Waals surface area contributed by atoms with E-state index in [0.29, 0.717) is 11.5 Å². The van der Waals surface area contributed by atoms with Gasteiger partial charge in [0.15, 0.2) is 0 Å². The zero-order valence-corrected chi connectivity index (χ0v) is 13.5. The van der Waals surface area contributed by atoms with Crippen LogP contribution in [0.1, 0.15) is 41.3 Å². The molecule has 104 valence electrons. The van der Waals surface area contributed by atoms with E-state index in [1.165, 1.54) is 5.56 Å². The number of carbonyl (C=O) groups excluding carboxylic acids is 1. The fourth-order valence-electron chi connectivity index (χ4n) is 1.95. The van der Waals surface area contributed by atoms with Gasteiger partial charge in [0.1, 0.15) is 0 Å². The molecule has 2 aromatic carbocycles. The lowest BCUT2D eigenvalue weighted by Gasteiger charge is -2.09. The number of benzene rings is 2. The number of amides is 1. The van der Waals surface area contributed by atoms with Crippen molar-refractivity contribution >= 4 is 27.5 Å². The number of anilines is 1. The summed E-state index contributed by atoms with van der Waals surface area (Å²) in [7, 11) is 0. The lowest BCUT2D eigenvalue weighted by atomic mass is 10.0. The Kier molecular flexibility index (Phi) is 4.61. The topological polar surface area (TPSA) is 29.1 Å². The Balaban J connectivity index is 2.13. The molecule has 0 radical (unpaired) electrons. The lowest BCUT2D eigenvalue weighted by Crippen LogP contribution is -2.12. The predicted octanol–water partition coefficient (Wildman–Crippen LogP) is 5.13. The van der Waals surface area contributed by atoms with Crippen LogP contribution in [0.15, 0.2) is 46.9 Å². The molecule has 20 heavy (non-hydrogen) atoms. The van der Waals surface area contributed by atoms with Crippen molar-refractivity contribution in [2.75, 3.05) is 5.32 Å². The van der Waals surface area contributed by atoms with Crippen LogP contribution >= 0.6 is 15.9 Å². The number of carbonyl (C=O) groups is 1. The average Bonchev–Trinajstić information content (AvgIpc) is 2.43. The molecule has 2 aromatic rings. The molecule has 0 saturated heterocycles. The van der Waals surface area contributed by atoms with E-state index in [-0.39, 0.29) is 5.91 Å². The molecule has 0 atom stereocenters. The molecule has 0 fully saturated rings. The van der Waals surface area contributed by atoms with Crippen LogP contribution in [0.2, 0.25) is 0 Å². The van der Waals surface area contributed by atoms with Gasteiger partial charge in [-0.2, -0.15) is 0 Å². The number of hydrogen-bond donors (Lipinski definition) is 1. The second kappa shape index (κ2) is 6.23. The fraction of sp³-hybridized carbons (Fsp3) is 0.235. The number of halogens is 1. The van der Waals surface area contributed by atoms with Crippen molar-refractivity contribution in [2.24, 2.45) is 0 Å². The molecule has 0 saturated carbocycles. The van der Waals surface area contributed by atoms with Gasteiger partial charge in [0.25, 0.3) is 5.91 Å². The molecule has 0 heterocycles. The molecule has 3 heteroatoms. The molecule has 2 nitrogen and oxygen atoms in total. The summed E-state index contributed by atoms with van der Waals surface area (Å²) < 4.78 is 1.04. The average molecular weight is 332 g/mol. The van der Waals surface area contributed by atoms with E-state index in [1.54, 1.807) is 0 Å². The quantitative estimate of drug-likeness (QED) is 0.829. The van der Waals surface area contributed by atoms with Gasteiger partial charge in [-0.15, -0.1) is 0 Å². The minimum atomic E-state index is -0.0815. The number of aryl methyl sites for hydroxylation is 1. The SMILES string of the molecule is Cc1cc(NC(=O)c2ccc(C(C)C)cc2)ccc1Br. The molecular weight excluding hydrogens is 314 g/mol. The van der Waals surface area contributed by atoms with E-state index in [1.807, 2.05) is 49.4 Å². The highest BCUT2D eigenvalue weighted by Crippen LogP contribution is 2.21. The standard InChI is InChI=1S/C17H18BrNO/c1-11(2)13-4-6-14(7-5-13)17(20)19-15-8-9-16(18)12(3)10-15/h4-11H,1-3H3,(H,19,20). The van der Waals surface area contributed by atoms with Gasteiger partial charge in [-0.05, 0) is 54.3 Å². The molecule has 0 aliphatic heterocycles. The summed E-state index contributed by atoms with van der Waals surface area (Å²) in [6, 6.07) is 13.5. The normalized spacial score (nSPS) is 10.7. The lowest BCUT2D eigenvalue weighted by molar-refractivity contribution is 0.102. The van der Waals surface area contributed by atoms with Crippen LogP contribution in [0.3, 0.4) is 0 Å². The molecule has 2 rings (SSSR count). The highest BCUT2D eigenvalue weighted by molar-refractivity contribution is 9.10. The van der Waals surface area contributed by atoms with E-state index in [2.05, 4.69) is 35.1 Å². The van der Waals surface area contributed by atoms with Crippen molar-refractivity contribution in [2.45, 2.75) is 26.7 Å². The van der Waals surface area contributed by atoms with E-state index in [4.69, 9.17) is 0 Å². The van der Waals surface area contributed by atoms with Crippen molar-refractivity contribution in [3.63, 3.8) is 0 Å². The maximum absolute atomic E-state index is 12.2. The summed E-state index contributed by atoms with van der Waals surface area (Å²) in [6.07, 6.45) is 0. The molecule has 0 aliphatic rings. The number of nitrogens with one attached hydrogen (secondary N) is 1. The Morgan fingerprint density at radius 1 is 1.10 bits per heavy atom. The van der Waals surface area contributed by atoms with Gasteiger partial charge < -0.3 is 5.32 Å². The molecule has 0 unspecified atom stereocenters. The third-order valence-electron chi connectivity index (χ3n) is 3.26. The van der Waals surface area contributed by atoms with Crippen LogP contribution in [0, 0.1) is 6.92 Å². The highest BCUT2D eigenvalue weighted by Gasteiger charge is 2.07. The first kappa shape index (κ1) is 14.8. The second-order valence-electron chi connectivity index (χ2n) is 5.19. The van der Waals surface area contributed by atoms with Crippen LogP contribution < -0.4 is 5.32 Å². The van der Waals surface area contributed by atoms with Crippen LogP contribution in [-0.2, 0) is 0 Å². The van der Waals surface area contributed by atoms with Crippen molar-refractivity contribution in [3.8, 4) is 0 Å². The first-order valence-corrected chi connectivity index (χ1v) is 7.44. The van der Waals surface area contributed by atoms with E-state index < -0.39 is 0 Å². The molecule has 0 aliphatic carbocycles. The van der Waals surface area contributed by atoms with Crippen molar-refractivity contribution in [1.82, 2.24) is 0 Å². The first-order chi connectivity index (χ1) is 9.47. The molecule has 1 N–H and O–H groups in total. The smallest absolute Gasteiger partial charge is 0.255 e. The maximum Gasteiger partial charge on any atom is 0.255 e. The third kappa shape index (κ3) is 3.48. The zero-order valence-electron chi connectivity index (χ0n) is 11.9. The van der Waals surface area contributed by atoms with Crippen LogP contribution in [-0.4, -0.2) is 5.91 Å². The monoisotopic (exact) mass is 331 g/mol. The zero-order chi connectivity index (χ0) is 14.7. The molecule has 0 bridgehead atoms. The largest absolute Gasteiger partial charge is 0.322 e. The summed E-state index contributed by atoms with van der Waals surface area (Å²) >= 11 is 3.45. The number of hydrogen-bond acceptors (Lipinski definition) is 1. The van der Waals surface area contributed by atoms with Crippen LogP contribution in [0.5, 0.6) is 0 Å². The molecule has 1 amide bonds. The van der Waals surface area contributed by atoms with E-state index in [0.717, 1.165) is 15.7 Å². The summed E-state index contributed by atoms with van der Waals surface area (Å²) in [4.78, 5) is 12.2. The molecular formula is C17H18BrNO. The molecule has 0 aromatic heterocycles. The Morgan fingerprint density at radius 2 is 1.75 bits per heavy atom. The highest BCUT2D eigenvalue weighted by atomic mass is 79.9. The minimum absolute atomic E-state index is 0.0815.